The fourth-order valence-corrected chi connectivity index (χ4v) is 2.42. The van der Waals surface area contributed by atoms with E-state index in [4.69, 9.17) is 9.84 Å². The molecule has 2 rings (SSSR count). The van der Waals surface area contributed by atoms with E-state index in [1.54, 1.807) is 11.3 Å². The maximum Gasteiger partial charge on any atom is 0.341 e. The molecule has 2 heterocycles. The monoisotopic (exact) mass is 327 g/mol. The van der Waals surface area contributed by atoms with Gasteiger partial charge in [-0.3, -0.25) is 0 Å². The van der Waals surface area contributed by atoms with Crippen LogP contribution in [0, 0.1) is 0 Å². The minimum Gasteiger partial charge on any atom is -0.477 e. The molecule has 94 valence electrons. The van der Waals surface area contributed by atoms with Gasteiger partial charge in [-0.2, -0.15) is 0 Å². The van der Waals surface area contributed by atoms with Crippen molar-refractivity contribution in [1.82, 2.24) is 4.98 Å². The van der Waals surface area contributed by atoms with E-state index in [-0.39, 0.29) is 11.4 Å². The van der Waals surface area contributed by atoms with Crippen molar-refractivity contribution in [2.24, 2.45) is 0 Å². The predicted octanol–water partition coefficient (Wildman–Crippen LogP) is 3.23. The van der Waals surface area contributed by atoms with Crippen LogP contribution in [0.5, 0.6) is 5.88 Å². The van der Waals surface area contributed by atoms with E-state index in [0.29, 0.717) is 11.1 Å². The van der Waals surface area contributed by atoms with Gasteiger partial charge >= 0.3 is 5.97 Å². The molecule has 2 aromatic heterocycles. The Morgan fingerprint density at radius 3 is 3.06 bits per heavy atom. The number of carboxylic acids is 1. The third-order valence-electron chi connectivity index (χ3n) is 2.22. The quantitative estimate of drug-likeness (QED) is 0.915. The molecule has 0 saturated heterocycles. The van der Waals surface area contributed by atoms with E-state index in [9.17, 15) is 4.79 Å². The minimum atomic E-state index is -1.05. The fourth-order valence-electron chi connectivity index (χ4n) is 1.40. The van der Waals surface area contributed by atoms with Crippen LogP contribution >= 0.6 is 27.3 Å². The molecule has 0 aliphatic heterocycles. The number of carbonyl (C=O) groups is 1. The van der Waals surface area contributed by atoms with Crippen molar-refractivity contribution in [2.75, 3.05) is 6.61 Å². The first-order valence-electron chi connectivity index (χ1n) is 5.21. The highest BCUT2D eigenvalue weighted by atomic mass is 79.9. The highest BCUT2D eigenvalue weighted by Crippen LogP contribution is 2.20. The first-order chi connectivity index (χ1) is 8.66. The van der Waals surface area contributed by atoms with Gasteiger partial charge in [0.05, 0.1) is 6.61 Å². The Morgan fingerprint density at radius 2 is 2.39 bits per heavy atom. The van der Waals surface area contributed by atoms with Gasteiger partial charge in [-0.05, 0) is 33.4 Å². The average Bonchev–Trinajstić information content (AvgIpc) is 2.84. The number of thiophene rings is 1. The number of aromatic carboxylic acids is 1. The van der Waals surface area contributed by atoms with Gasteiger partial charge in [0.25, 0.3) is 0 Å². The highest BCUT2D eigenvalue weighted by molar-refractivity contribution is 9.10. The summed E-state index contributed by atoms with van der Waals surface area (Å²) < 4.78 is 6.04. The summed E-state index contributed by atoms with van der Waals surface area (Å²) in [5.74, 6) is -0.892. The average molecular weight is 328 g/mol. The number of nitrogens with zero attached hydrogens (tertiary/aromatic N) is 1. The summed E-state index contributed by atoms with van der Waals surface area (Å²) in [7, 11) is 0. The number of halogens is 1. The van der Waals surface area contributed by atoms with E-state index in [2.05, 4.69) is 20.9 Å². The van der Waals surface area contributed by atoms with Gasteiger partial charge in [-0.1, -0.05) is 6.07 Å². The second kappa shape index (κ2) is 5.97. The molecule has 0 aliphatic rings. The largest absolute Gasteiger partial charge is 0.477 e. The first-order valence-corrected chi connectivity index (χ1v) is 6.88. The van der Waals surface area contributed by atoms with Gasteiger partial charge in [0.2, 0.25) is 5.88 Å². The predicted molar refractivity (Wildman–Crippen MR) is 72.4 cm³/mol. The zero-order chi connectivity index (χ0) is 13.0. The number of carboxylic acid groups (broad SMARTS) is 1. The second-order valence-electron chi connectivity index (χ2n) is 3.49. The Bertz CT molecular complexity index is 542. The maximum absolute atomic E-state index is 11.0. The third kappa shape index (κ3) is 3.30. The molecule has 0 amide bonds. The molecule has 4 nitrogen and oxygen atoms in total. The van der Waals surface area contributed by atoms with Crippen LogP contribution < -0.4 is 4.74 Å². The summed E-state index contributed by atoms with van der Waals surface area (Å²) in [6, 6.07) is 5.47. The Balaban J connectivity index is 2.02. The van der Waals surface area contributed by atoms with Gasteiger partial charge in [-0.15, -0.1) is 11.3 Å². The molecule has 0 saturated carbocycles. The van der Waals surface area contributed by atoms with Crippen LogP contribution in [0.15, 0.2) is 34.2 Å². The van der Waals surface area contributed by atoms with Crippen LogP contribution in [0.1, 0.15) is 15.2 Å². The lowest BCUT2D eigenvalue weighted by atomic mass is 10.3. The van der Waals surface area contributed by atoms with E-state index in [0.717, 1.165) is 6.42 Å². The van der Waals surface area contributed by atoms with Gasteiger partial charge < -0.3 is 9.84 Å². The molecule has 18 heavy (non-hydrogen) atoms. The van der Waals surface area contributed by atoms with Gasteiger partial charge in [0.1, 0.15) is 5.56 Å². The van der Waals surface area contributed by atoms with Gasteiger partial charge in [0.15, 0.2) is 0 Å². The summed E-state index contributed by atoms with van der Waals surface area (Å²) in [6.07, 6.45) is 2.27. The van der Waals surface area contributed by atoms with E-state index >= 15 is 0 Å². The first kappa shape index (κ1) is 13.0. The summed E-state index contributed by atoms with van der Waals surface area (Å²) in [4.78, 5) is 16.2. The fraction of sp³-hybridized carbons (Fsp3) is 0.167. The lowest BCUT2D eigenvalue weighted by molar-refractivity contribution is 0.0691. The zero-order valence-electron chi connectivity index (χ0n) is 9.30. The minimum absolute atomic E-state index is 0.0653. The molecule has 1 N–H and O–H groups in total. The number of aromatic nitrogens is 1. The summed E-state index contributed by atoms with van der Waals surface area (Å²) in [6.45, 7) is 0.412. The highest BCUT2D eigenvalue weighted by Gasteiger charge is 2.13. The number of pyridine rings is 1. The van der Waals surface area contributed by atoms with Crippen molar-refractivity contribution in [3.63, 3.8) is 0 Å². The normalized spacial score (nSPS) is 10.3. The Labute approximate surface area is 116 Å². The van der Waals surface area contributed by atoms with Crippen molar-refractivity contribution in [2.45, 2.75) is 6.42 Å². The molecule has 0 atom stereocenters. The summed E-state index contributed by atoms with van der Waals surface area (Å²) >= 11 is 4.83. The number of hydrogen-bond acceptors (Lipinski definition) is 4. The van der Waals surface area contributed by atoms with E-state index < -0.39 is 5.97 Å². The number of ether oxygens (including phenoxy) is 1. The van der Waals surface area contributed by atoms with Crippen molar-refractivity contribution < 1.29 is 14.6 Å². The lowest BCUT2D eigenvalue weighted by Crippen LogP contribution is -2.07. The van der Waals surface area contributed by atoms with Crippen LogP contribution in [0.4, 0.5) is 0 Å². The molecule has 0 unspecified atom stereocenters. The number of rotatable bonds is 5. The van der Waals surface area contributed by atoms with E-state index in [1.165, 1.54) is 17.1 Å². The topological polar surface area (TPSA) is 59.4 Å². The van der Waals surface area contributed by atoms with Crippen molar-refractivity contribution in [3.8, 4) is 5.88 Å². The smallest absolute Gasteiger partial charge is 0.341 e. The second-order valence-corrected chi connectivity index (χ2v) is 5.44. The Morgan fingerprint density at radius 1 is 1.56 bits per heavy atom. The molecule has 0 aromatic carbocycles. The van der Waals surface area contributed by atoms with Crippen molar-refractivity contribution in [3.05, 3.63) is 44.7 Å². The third-order valence-corrected chi connectivity index (χ3v) is 3.59. The molecule has 0 bridgehead atoms. The van der Waals surface area contributed by atoms with E-state index in [1.807, 2.05) is 17.5 Å². The molecule has 6 heteroatoms. The molecular formula is C12H10BrNO3S. The van der Waals surface area contributed by atoms with Crippen LogP contribution in [0.3, 0.4) is 0 Å². The van der Waals surface area contributed by atoms with Crippen LogP contribution in [-0.4, -0.2) is 22.7 Å². The molecule has 2 aromatic rings. The summed E-state index contributed by atoms with van der Waals surface area (Å²) in [5, 5.41) is 11.0. The van der Waals surface area contributed by atoms with Gasteiger partial charge in [-0.25, -0.2) is 9.78 Å². The Hall–Kier alpha value is -1.40. The number of hydrogen-bond donors (Lipinski definition) is 1. The molecule has 0 spiro atoms. The van der Waals surface area contributed by atoms with Crippen LogP contribution in [0.25, 0.3) is 0 Å². The van der Waals surface area contributed by atoms with Gasteiger partial charge in [0, 0.05) is 22.0 Å². The van der Waals surface area contributed by atoms with Crippen molar-refractivity contribution in [1.29, 1.82) is 0 Å². The molecule has 0 aliphatic carbocycles. The Kier molecular flexibility index (Phi) is 4.33. The molecular weight excluding hydrogens is 318 g/mol. The zero-order valence-corrected chi connectivity index (χ0v) is 11.7. The maximum atomic E-state index is 11.0. The lowest BCUT2D eigenvalue weighted by Gasteiger charge is -2.07. The van der Waals surface area contributed by atoms with Crippen LogP contribution in [0.2, 0.25) is 0 Å². The standard InChI is InChI=1S/C12H10BrNO3S/c13-8-6-10(12(15)16)11(14-7-8)17-4-3-9-2-1-5-18-9/h1-2,5-7H,3-4H2,(H,15,16). The molecule has 0 radical (unpaired) electrons. The van der Waals surface area contributed by atoms with Crippen molar-refractivity contribution >= 4 is 33.2 Å². The SMILES string of the molecule is O=C(O)c1cc(Br)cnc1OCCc1cccs1. The van der Waals surface area contributed by atoms with Crippen LogP contribution in [-0.2, 0) is 6.42 Å². The summed E-state index contributed by atoms with van der Waals surface area (Å²) in [5.41, 5.74) is 0.0653. The molecule has 0 fully saturated rings.